The van der Waals surface area contributed by atoms with Gasteiger partial charge in [-0.05, 0) is 12.0 Å². The number of carboxylic acids is 1. The number of hydrogen-bond donors (Lipinski definition) is 1. The largest absolute Gasteiger partial charge is 0.478 e. The van der Waals surface area contributed by atoms with Crippen LogP contribution in [0, 0.1) is 0 Å². The maximum atomic E-state index is 11.4. The zero-order valence-electron chi connectivity index (χ0n) is 15.3. The summed E-state index contributed by atoms with van der Waals surface area (Å²) in [4.78, 5) is 21.7. The molecule has 0 aromatic carbocycles. The summed E-state index contributed by atoms with van der Waals surface area (Å²) in [6.07, 6.45) is 11.7. The standard InChI is InChI=1S/C18H34O4Si/c1-5-6-7-8-9-10-11-16(23(2,3)4)14-15-22-18(21)13-12-17(19)20/h12-13,16H,5-11,14-15H2,1-4H3,(H,19,20). The Morgan fingerprint density at radius 2 is 1.61 bits per heavy atom. The molecule has 0 aromatic heterocycles. The first-order valence-corrected chi connectivity index (χ1v) is 12.4. The normalized spacial score (nSPS) is 13.2. The van der Waals surface area contributed by atoms with E-state index in [1.54, 1.807) is 0 Å². The molecule has 0 aliphatic heterocycles. The molecular weight excluding hydrogens is 308 g/mol. The van der Waals surface area contributed by atoms with Gasteiger partial charge in [-0.2, -0.15) is 0 Å². The highest BCUT2D eigenvalue weighted by atomic mass is 28.3. The topological polar surface area (TPSA) is 63.6 Å². The van der Waals surface area contributed by atoms with Crippen molar-refractivity contribution in [3.05, 3.63) is 12.2 Å². The van der Waals surface area contributed by atoms with Crippen molar-refractivity contribution < 1.29 is 19.4 Å². The molecule has 0 saturated heterocycles. The average molecular weight is 343 g/mol. The molecule has 1 atom stereocenters. The van der Waals surface area contributed by atoms with Gasteiger partial charge in [0, 0.05) is 20.2 Å². The molecule has 23 heavy (non-hydrogen) atoms. The van der Waals surface area contributed by atoms with Gasteiger partial charge in [-0.3, -0.25) is 0 Å². The lowest BCUT2D eigenvalue weighted by molar-refractivity contribution is -0.138. The Hall–Kier alpha value is -1.10. The molecule has 0 aliphatic carbocycles. The van der Waals surface area contributed by atoms with E-state index in [0.717, 1.165) is 18.6 Å². The summed E-state index contributed by atoms with van der Waals surface area (Å²) in [5.41, 5.74) is 0.643. The Morgan fingerprint density at radius 1 is 1.00 bits per heavy atom. The van der Waals surface area contributed by atoms with Crippen LogP contribution in [0.4, 0.5) is 0 Å². The SMILES string of the molecule is CCCCCCCCC(CCOC(=O)C=CC(=O)O)[Si](C)(C)C. The highest BCUT2D eigenvalue weighted by Gasteiger charge is 2.26. The number of aliphatic carboxylic acids is 1. The molecule has 1 unspecified atom stereocenters. The predicted octanol–water partition coefficient (Wildman–Crippen LogP) is 5.02. The monoisotopic (exact) mass is 342 g/mol. The summed E-state index contributed by atoms with van der Waals surface area (Å²) < 4.78 is 5.11. The number of unbranched alkanes of at least 4 members (excludes halogenated alkanes) is 5. The summed E-state index contributed by atoms with van der Waals surface area (Å²) >= 11 is 0. The second kappa shape index (κ2) is 12.3. The van der Waals surface area contributed by atoms with E-state index in [9.17, 15) is 9.59 Å². The third-order valence-corrected chi connectivity index (χ3v) is 7.23. The van der Waals surface area contributed by atoms with Gasteiger partial charge in [0.15, 0.2) is 0 Å². The molecule has 0 saturated carbocycles. The summed E-state index contributed by atoms with van der Waals surface area (Å²) in [5, 5.41) is 8.47. The summed E-state index contributed by atoms with van der Waals surface area (Å²) in [7, 11) is -1.27. The lowest BCUT2D eigenvalue weighted by atomic mass is 10.1. The van der Waals surface area contributed by atoms with Crippen LogP contribution in [0.3, 0.4) is 0 Å². The molecule has 5 heteroatoms. The Bertz CT molecular complexity index is 372. The second-order valence-electron chi connectivity index (χ2n) is 7.25. The van der Waals surface area contributed by atoms with Crippen molar-refractivity contribution in [3.63, 3.8) is 0 Å². The van der Waals surface area contributed by atoms with Crippen molar-refractivity contribution in [1.29, 1.82) is 0 Å². The van der Waals surface area contributed by atoms with Crippen LogP contribution in [-0.4, -0.2) is 31.7 Å². The molecule has 0 spiro atoms. The molecule has 0 amide bonds. The van der Waals surface area contributed by atoms with Gasteiger partial charge in [-0.25, -0.2) is 9.59 Å². The number of carbonyl (C=O) groups excluding carboxylic acids is 1. The Balaban J connectivity index is 4.07. The van der Waals surface area contributed by atoms with Gasteiger partial charge < -0.3 is 9.84 Å². The minimum atomic E-state index is -1.27. The van der Waals surface area contributed by atoms with E-state index in [1.165, 1.54) is 44.9 Å². The quantitative estimate of drug-likeness (QED) is 0.221. The average Bonchev–Trinajstić information content (AvgIpc) is 2.45. The van der Waals surface area contributed by atoms with E-state index in [0.29, 0.717) is 12.1 Å². The Labute approximate surface area is 142 Å². The molecule has 0 fully saturated rings. The van der Waals surface area contributed by atoms with Crippen molar-refractivity contribution in [2.45, 2.75) is 83.5 Å². The zero-order valence-corrected chi connectivity index (χ0v) is 16.3. The third-order valence-electron chi connectivity index (χ3n) is 4.20. The highest BCUT2D eigenvalue weighted by Crippen LogP contribution is 2.31. The summed E-state index contributed by atoms with van der Waals surface area (Å²) in [6.45, 7) is 9.70. The van der Waals surface area contributed by atoms with E-state index in [-0.39, 0.29) is 0 Å². The second-order valence-corrected chi connectivity index (χ2v) is 12.8. The Kier molecular flexibility index (Phi) is 11.7. The van der Waals surface area contributed by atoms with Crippen molar-refractivity contribution >= 4 is 20.0 Å². The molecule has 0 heterocycles. The highest BCUT2D eigenvalue weighted by molar-refractivity contribution is 6.77. The smallest absolute Gasteiger partial charge is 0.331 e. The number of esters is 1. The maximum absolute atomic E-state index is 11.4. The van der Waals surface area contributed by atoms with Crippen LogP contribution in [0.1, 0.15) is 58.3 Å². The molecule has 4 nitrogen and oxygen atoms in total. The molecule has 0 aromatic rings. The van der Waals surface area contributed by atoms with Crippen LogP contribution >= 0.6 is 0 Å². The van der Waals surface area contributed by atoms with Crippen LogP contribution in [0.25, 0.3) is 0 Å². The van der Waals surface area contributed by atoms with Gasteiger partial charge in [0.05, 0.1) is 6.61 Å². The van der Waals surface area contributed by atoms with Crippen LogP contribution in [0.2, 0.25) is 25.2 Å². The molecule has 0 radical (unpaired) electrons. The number of hydrogen-bond acceptors (Lipinski definition) is 3. The number of carboxylic acid groups (broad SMARTS) is 1. The maximum Gasteiger partial charge on any atom is 0.331 e. The molecule has 1 N–H and O–H groups in total. The molecule has 0 bridgehead atoms. The van der Waals surface area contributed by atoms with Gasteiger partial charge in [-0.15, -0.1) is 0 Å². The van der Waals surface area contributed by atoms with Crippen molar-refractivity contribution in [2.75, 3.05) is 6.61 Å². The van der Waals surface area contributed by atoms with Gasteiger partial charge >= 0.3 is 11.9 Å². The summed E-state index contributed by atoms with van der Waals surface area (Å²) in [6, 6.07) is 0. The van der Waals surface area contributed by atoms with Crippen LogP contribution in [-0.2, 0) is 14.3 Å². The van der Waals surface area contributed by atoms with E-state index in [2.05, 4.69) is 26.6 Å². The third kappa shape index (κ3) is 13.1. The van der Waals surface area contributed by atoms with Gasteiger partial charge in [-0.1, -0.05) is 71.5 Å². The summed E-state index contributed by atoms with van der Waals surface area (Å²) in [5.74, 6) is -1.70. The number of ether oxygens (including phenoxy) is 1. The van der Waals surface area contributed by atoms with Crippen LogP contribution < -0.4 is 0 Å². The number of rotatable bonds is 13. The fourth-order valence-electron chi connectivity index (χ4n) is 2.67. The van der Waals surface area contributed by atoms with E-state index < -0.39 is 20.0 Å². The van der Waals surface area contributed by atoms with Crippen molar-refractivity contribution in [1.82, 2.24) is 0 Å². The molecular formula is C18H34O4Si. The Morgan fingerprint density at radius 3 is 2.17 bits per heavy atom. The lowest BCUT2D eigenvalue weighted by Gasteiger charge is -2.29. The predicted molar refractivity (Wildman–Crippen MR) is 97.4 cm³/mol. The molecule has 0 aliphatic rings. The number of carbonyl (C=O) groups is 2. The fourth-order valence-corrected chi connectivity index (χ4v) is 4.72. The first-order chi connectivity index (χ1) is 10.8. The zero-order chi connectivity index (χ0) is 17.7. The van der Waals surface area contributed by atoms with E-state index in [1.807, 2.05) is 0 Å². The van der Waals surface area contributed by atoms with Crippen LogP contribution in [0.5, 0.6) is 0 Å². The van der Waals surface area contributed by atoms with Crippen molar-refractivity contribution in [2.24, 2.45) is 0 Å². The fraction of sp³-hybridized carbons (Fsp3) is 0.778. The van der Waals surface area contributed by atoms with Gasteiger partial charge in [0.2, 0.25) is 0 Å². The first kappa shape index (κ1) is 21.9. The molecule has 0 rings (SSSR count). The van der Waals surface area contributed by atoms with E-state index >= 15 is 0 Å². The van der Waals surface area contributed by atoms with Gasteiger partial charge in [0.25, 0.3) is 0 Å². The minimum absolute atomic E-state index is 0.383. The van der Waals surface area contributed by atoms with E-state index in [4.69, 9.17) is 9.84 Å². The van der Waals surface area contributed by atoms with Crippen LogP contribution in [0.15, 0.2) is 12.2 Å². The lowest BCUT2D eigenvalue weighted by Crippen LogP contribution is -2.29. The van der Waals surface area contributed by atoms with Crippen molar-refractivity contribution in [3.8, 4) is 0 Å². The minimum Gasteiger partial charge on any atom is -0.478 e. The van der Waals surface area contributed by atoms with Gasteiger partial charge in [0.1, 0.15) is 0 Å². The first-order valence-electron chi connectivity index (χ1n) is 8.85. The molecule has 134 valence electrons.